The quantitative estimate of drug-likeness (QED) is 0.0127. The molecule has 123 heavy (non-hydrogen) atoms. The number of carboxylic acid groups (broad SMARTS) is 2. The molecule has 4 fully saturated rings. The maximum absolute atomic E-state index is 14.8. The summed E-state index contributed by atoms with van der Waals surface area (Å²) >= 11 is 5.73. The van der Waals surface area contributed by atoms with Crippen LogP contribution in [0.2, 0.25) is 0 Å². The van der Waals surface area contributed by atoms with E-state index >= 15 is 0 Å². The number of aromatic amines is 1. The molecule has 0 radical (unpaired) electrons. The first-order chi connectivity index (χ1) is 58.4. The molecule has 0 saturated carbocycles. The van der Waals surface area contributed by atoms with Crippen LogP contribution in [-0.4, -0.2) is 301 Å². The molecule has 0 bridgehead atoms. The Balaban J connectivity index is 0.00000657. The van der Waals surface area contributed by atoms with Gasteiger partial charge in [0, 0.05) is 83.1 Å². The van der Waals surface area contributed by atoms with E-state index in [0.29, 0.717) is 36.3 Å². The summed E-state index contributed by atoms with van der Waals surface area (Å²) in [6.07, 6.45) is 6.26. The number of aliphatic carboxylic acids is 2. The Hall–Kier alpha value is -11.6. The van der Waals surface area contributed by atoms with Gasteiger partial charge in [-0.25, -0.2) is 9.78 Å². The minimum absolute atomic E-state index is 0.0104. The number of aliphatic imine (C=N–C) groups is 3. The molecule has 1 aromatic carbocycles. The lowest BCUT2D eigenvalue weighted by atomic mass is 10.0. The van der Waals surface area contributed by atoms with Gasteiger partial charge in [0.05, 0.1) is 12.9 Å². The van der Waals surface area contributed by atoms with E-state index in [1.165, 1.54) is 39.0 Å². The second-order valence-electron chi connectivity index (χ2n) is 31.0. The summed E-state index contributed by atoms with van der Waals surface area (Å²) in [5.74, 6) is -14.4. The molecule has 14 atom stereocenters. The largest absolute Gasteiger partial charge is 0.481 e. The number of carboxylic acids is 2. The van der Waals surface area contributed by atoms with Crippen LogP contribution in [0.3, 0.4) is 0 Å². The highest BCUT2D eigenvalue weighted by Gasteiger charge is 2.45. The lowest BCUT2D eigenvalue weighted by molar-refractivity contribution is -0.150. The molecular formula is C77H123N25O19S2. The number of likely N-dealkylation sites (tertiary alicyclic amines) is 3. The third kappa shape index (κ3) is 34.0. The molecule has 6 rings (SSSR count). The molecule has 4 aliphatic rings. The molecule has 682 valence electrons. The van der Waals surface area contributed by atoms with Crippen molar-refractivity contribution in [3.8, 4) is 0 Å². The topological polar surface area (TPSA) is 698 Å². The van der Waals surface area contributed by atoms with E-state index in [4.69, 9.17) is 44.3 Å². The van der Waals surface area contributed by atoms with Crippen LogP contribution in [0, 0.1) is 11.8 Å². The fourth-order valence-corrected chi connectivity index (χ4v) is 15.0. The minimum Gasteiger partial charge on any atom is -0.481 e. The summed E-state index contributed by atoms with van der Waals surface area (Å²) in [4.78, 5) is 243. The van der Waals surface area contributed by atoms with Gasteiger partial charge in [-0.1, -0.05) is 58.0 Å². The van der Waals surface area contributed by atoms with E-state index in [1.54, 1.807) is 64.3 Å². The number of thioether (sulfide) groups is 1. The summed E-state index contributed by atoms with van der Waals surface area (Å²) in [7, 11) is 0. The predicted molar refractivity (Wildman–Crippen MR) is 456 cm³/mol. The maximum atomic E-state index is 14.8. The zero-order valence-corrected chi connectivity index (χ0v) is 71.9. The van der Waals surface area contributed by atoms with Gasteiger partial charge in [-0.2, -0.15) is 24.4 Å². The number of guanidine groups is 3. The van der Waals surface area contributed by atoms with E-state index in [1.807, 2.05) is 0 Å². The first-order valence-electron chi connectivity index (χ1n) is 40.9. The molecule has 0 spiro atoms. The lowest BCUT2D eigenvalue weighted by Crippen LogP contribution is -2.62. The number of aliphatic hydroxyl groups is 1. The molecule has 2 aromatic rings. The van der Waals surface area contributed by atoms with Crippen LogP contribution in [0.1, 0.15) is 149 Å². The van der Waals surface area contributed by atoms with E-state index < -0.39 is 186 Å². The molecule has 5 heterocycles. The smallest absolute Gasteiger partial charge is 0.326 e. The molecule has 46 heteroatoms. The summed E-state index contributed by atoms with van der Waals surface area (Å²) in [5.41, 5.74) is 34.3. The fourth-order valence-electron chi connectivity index (χ4n) is 14.3. The maximum Gasteiger partial charge on any atom is 0.326 e. The number of imidazole rings is 1. The Morgan fingerprint density at radius 3 is 1.41 bits per heavy atom. The van der Waals surface area contributed by atoms with Gasteiger partial charge in [0.25, 0.3) is 5.97 Å². The second-order valence-corrected chi connectivity index (χ2v) is 32.3. The number of rotatable bonds is 48. The summed E-state index contributed by atoms with van der Waals surface area (Å²) < 4.78 is 0. The molecule has 4 aliphatic heterocycles. The minimum atomic E-state index is -1.81. The van der Waals surface area contributed by atoms with Gasteiger partial charge >= 0.3 is 5.97 Å². The van der Waals surface area contributed by atoms with Gasteiger partial charge in [0.2, 0.25) is 82.7 Å². The zero-order valence-electron chi connectivity index (χ0n) is 70.2. The van der Waals surface area contributed by atoms with Gasteiger partial charge in [-0.3, -0.25) is 86.9 Å². The molecule has 1 aromatic heterocycles. The highest BCUT2D eigenvalue weighted by atomic mass is 32.2. The van der Waals surface area contributed by atoms with Crippen LogP contribution in [0.4, 0.5) is 0 Å². The van der Waals surface area contributed by atoms with Gasteiger partial charge in [0.15, 0.2) is 17.9 Å². The first-order valence-corrected chi connectivity index (χ1v) is 43.0. The number of H-pyrrole nitrogens is 1. The number of nitrogens with one attached hydrogen (secondary N) is 12. The SMILES string of the molecule is CC(=O)O.CSCC[C@H](NC(=O)[C@H](CS)NC(=O)[C@H](CCCN=C(N)N)NC(=O)[C@H](CCCN=C(N)N)NC(=O)[C@@H]1CCC(=O)N1)C(=O)N1CCC[C@H]1C(=O)N[C@@H](CC(C)C)C(=O)N[C@@H](Cc1cnc[nH]1)C(=O)N[C@@H](CO)C(=O)N[C@@H](CCCN=C(N)N)C(=O)N[C@H](C(=O)N1CCC[C@H]1C(=O)N[C@@H](Cc1ccccc1)C(=O)N1CCC[C@H]1C(=O)O)C(C)C. The van der Waals surface area contributed by atoms with Crippen molar-refractivity contribution in [2.75, 3.05) is 63.6 Å². The van der Waals surface area contributed by atoms with Crippen LogP contribution in [-0.2, 0) is 89.6 Å². The third-order valence-corrected chi connectivity index (χ3v) is 21.5. The van der Waals surface area contributed by atoms with Crippen LogP contribution < -0.4 is 92.9 Å². The molecular weight excluding hydrogens is 1640 g/mol. The molecule has 0 aliphatic carbocycles. The van der Waals surface area contributed by atoms with Crippen molar-refractivity contribution >= 4 is 137 Å². The van der Waals surface area contributed by atoms with Crippen molar-refractivity contribution < 1.29 is 92.0 Å². The molecule has 27 N–H and O–H groups in total. The number of benzene rings is 1. The normalized spacial score (nSPS) is 18.4. The molecule has 14 amide bonds. The number of amides is 14. The van der Waals surface area contributed by atoms with E-state index in [2.05, 4.69) is 96.1 Å². The monoisotopic (exact) mass is 1770 g/mol. The highest BCUT2D eigenvalue weighted by Crippen LogP contribution is 2.26. The standard InChI is InChI=1S/C75H119N25O17S2.C2H4O2/c1-40(2)33-49(93-67(111)54-20-12-29-98(54)69(113)48(25-32-119-5)91-66(110)53(38-118)96-60(104)45(18-10-27-84-74(78)79)88-59(103)44(17-9-26-83-73(76)77)89-61(105)47-23-24-57(102)87-47)63(107)92-50(35-43-36-82-39-86-43)64(108)95-52(37-101)65(109)90-46(19-11-28-85-75(80)81)62(106)97-58(41(3)4)71(115)99-30-13-21-55(99)68(112)94-51(34-42-15-7-6-8-16-42)70(114)100-31-14-22-56(100)72(116)117;1-2(3)4/h6-8,15-16,36,39-41,44-56,58,101,118H,9-14,17-35,37-38H2,1-5H3,(H,82,86)(H,87,102)(H,88,103)(H,89,105)(H,90,109)(H,91,110)(H,92,107)(H,93,111)(H,94,112)(H,95,108)(H,96,104)(H,97,106)(H,116,117)(H4,76,77,83)(H4,78,79,84)(H4,80,81,85);1H3,(H,3,4)/t44-,45-,46-,47-,48-,49-,50-,51-,52-,53-,54-,55-,56-,58-;/m0./s1. The summed E-state index contributed by atoms with van der Waals surface area (Å²) in [6.45, 7) is 7.22. The number of aromatic nitrogens is 2. The van der Waals surface area contributed by atoms with Gasteiger partial charge < -0.3 is 128 Å². The zero-order chi connectivity index (χ0) is 91.2. The lowest BCUT2D eigenvalue weighted by Gasteiger charge is -2.33. The highest BCUT2D eigenvalue weighted by molar-refractivity contribution is 7.98. The predicted octanol–water partition coefficient (Wildman–Crippen LogP) is -5.99. The molecule has 44 nitrogen and oxygen atoms in total. The number of carbonyl (C=O) groups is 16. The Morgan fingerprint density at radius 1 is 0.528 bits per heavy atom. The summed E-state index contributed by atoms with van der Waals surface area (Å²) in [5, 5.41) is 57.4. The summed E-state index contributed by atoms with van der Waals surface area (Å²) in [6, 6.07) is -9.64. The van der Waals surface area contributed by atoms with Crippen molar-refractivity contribution in [1.29, 1.82) is 0 Å². The Kier molecular flexibility index (Phi) is 43.1. The number of aliphatic hydroxyl groups excluding tert-OH is 1. The van der Waals surface area contributed by atoms with Crippen molar-refractivity contribution in [3.63, 3.8) is 0 Å². The van der Waals surface area contributed by atoms with Crippen molar-refractivity contribution in [2.24, 2.45) is 61.2 Å². The first kappa shape index (κ1) is 102. The Labute approximate surface area is 722 Å². The number of hydrogen-bond acceptors (Lipinski definition) is 23. The molecule has 0 unspecified atom stereocenters. The fraction of sp³-hybridized carbons (Fsp3) is 0.636. The number of carbonyl (C=O) groups excluding carboxylic acids is 14. The van der Waals surface area contributed by atoms with Crippen LogP contribution in [0.5, 0.6) is 0 Å². The number of thiol groups is 1. The van der Waals surface area contributed by atoms with Gasteiger partial charge in [0.1, 0.15) is 84.6 Å². The van der Waals surface area contributed by atoms with E-state index in [9.17, 15) is 82.1 Å². The van der Waals surface area contributed by atoms with Crippen molar-refractivity contribution in [3.05, 3.63) is 54.1 Å². The number of hydrogen-bond donors (Lipinski definition) is 22. The van der Waals surface area contributed by atoms with Crippen LogP contribution in [0.25, 0.3) is 0 Å². The van der Waals surface area contributed by atoms with Gasteiger partial charge in [-0.05, 0) is 126 Å². The van der Waals surface area contributed by atoms with Crippen molar-refractivity contribution in [2.45, 2.75) is 235 Å². The average Bonchev–Trinajstić information content (AvgIpc) is 1.72. The van der Waals surface area contributed by atoms with Crippen LogP contribution >= 0.6 is 24.4 Å². The van der Waals surface area contributed by atoms with Crippen LogP contribution in [0.15, 0.2) is 57.8 Å². The molecule has 4 saturated heterocycles. The number of nitrogens with two attached hydrogens (primary N) is 6. The van der Waals surface area contributed by atoms with Gasteiger partial charge in [-0.15, -0.1) is 0 Å². The Morgan fingerprint density at radius 2 is 0.951 bits per heavy atom. The Bertz CT molecular complexity index is 4020. The average molecular weight is 1770 g/mol. The van der Waals surface area contributed by atoms with Crippen molar-refractivity contribution in [1.82, 2.24) is 83.2 Å². The van der Waals surface area contributed by atoms with E-state index in [0.717, 1.165) is 6.92 Å². The third-order valence-electron chi connectivity index (χ3n) is 20.5. The number of nitrogens with zero attached hydrogens (tertiary/aromatic N) is 7. The van der Waals surface area contributed by atoms with E-state index in [-0.39, 0.29) is 171 Å². The second kappa shape index (κ2) is 52.0.